The van der Waals surface area contributed by atoms with E-state index in [2.05, 4.69) is 15.9 Å². The fraction of sp³-hybridized carbons (Fsp3) is 0.250. The molecular formula is C16H15BrCl2O. The van der Waals surface area contributed by atoms with E-state index in [0.29, 0.717) is 5.02 Å². The Labute approximate surface area is 138 Å². The van der Waals surface area contributed by atoms with E-state index in [4.69, 9.17) is 27.9 Å². The van der Waals surface area contributed by atoms with Crippen molar-refractivity contribution >= 4 is 39.1 Å². The van der Waals surface area contributed by atoms with Crippen molar-refractivity contribution < 1.29 is 4.74 Å². The Hall–Kier alpha value is -0.700. The van der Waals surface area contributed by atoms with Gasteiger partial charge < -0.3 is 4.74 Å². The lowest BCUT2D eigenvalue weighted by atomic mass is 10.0. The minimum Gasteiger partial charge on any atom is -0.491 e. The first kappa shape index (κ1) is 15.7. The van der Waals surface area contributed by atoms with Crippen LogP contribution in [0.25, 0.3) is 0 Å². The first-order valence-corrected chi connectivity index (χ1v) is 7.93. The molecule has 1 atom stereocenters. The number of hydrogen-bond acceptors (Lipinski definition) is 1. The Bertz CT molecular complexity index is 582. The molecule has 0 saturated carbocycles. The van der Waals surface area contributed by atoms with E-state index >= 15 is 0 Å². The van der Waals surface area contributed by atoms with Crippen molar-refractivity contribution in [3.05, 3.63) is 63.1 Å². The molecule has 0 amide bonds. The number of halogens is 3. The zero-order valence-electron chi connectivity index (χ0n) is 11.2. The van der Waals surface area contributed by atoms with Gasteiger partial charge in [0.05, 0.1) is 11.5 Å². The summed E-state index contributed by atoms with van der Waals surface area (Å²) in [6.45, 7) is 4.00. The number of rotatable bonds is 4. The first-order chi connectivity index (χ1) is 9.47. The minimum atomic E-state index is -0.274. The molecule has 2 aromatic rings. The average Bonchev–Trinajstić information content (AvgIpc) is 2.38. The van der Waals surface area contributed by atoms with E-state index in [0.717, 1.165) is 21.3 Å². The highest BCUT2D eigenvalue weighted by molar-refractivity contribution is 9.10. The molecule has 0 saturated heterocycles. The molecule has 0 aliphatic carbocycles. The quantitative estimate of drug-likeness (QED) is 0.578. The third kappa shape index (κ3) is 3.91. The van der Waals surface area contributed by atoms with Gasteiger partial charge in [-0.05, 0) is 49.2 Å². The fourth-order valence-corrected chi connectivity index (χ4v) is 3.05. The molecule has 0 radical (unpaired) electrons. The molecule has 4 heteroatoms. The van der Waals surface area contributed by atoms with E-state index in [1.54, 1.807) is 0 Å². The largest absolute Gasteiger partial charge is 0.491 e. The molecule has 0 fully saturated rings. The lowest BCUT2D eigenvalue weighted by Gasteiger charge is -2.14. The highest BCUT2D eigenvalue weighted by Gasteiger charge is 2.14. The standard InChI is InChI=1S/C16H15BrCl2O/c1-10(2)20-13-6-3-11(4-7-13)16(19)14-8-5-12(17)9-15(14)18/h3-10,16H,1-2H3. The average molecular weight is 374 g/mol. The Morgan fingerprint density at radius 2 is 1.70 bits per heavy atom. The molecule has 0 spiro atoms. The topological polar surface area (TPSA) is 9.23 Å². The monoisotopic (exact) mass is 372 g/mol. The summed E-state index contributed by atoms with van der Waals surface area (Å²) < 4.78 is 6.56. The minimum absolute atomic E-state index is 0.161. The van der Waals surface area contributed by atoms with Gasteiger partial charge in [0.25, 0.3) is 0 Å². The molecule has 0 N–H and O–H groups in total. The van der Waals surface area contributed by atoms with E-state index in [1.807, 2.05) is 56.3 Å². The van der Waals surface area contributed by atoms with Gasteiger partial charge >= 0.3 is 0 Å². The maximum Gasteiger partial charge on any atom is 0.119 e. The second kappa shape index (κ2) is 6.84. The number of benzene rings is 2. The molecule has 1 nitrogen and oxygen atoms in total. The smallest absolute Gasteiger partial charge is 0.119 e. The molecule has 2 rings (SSSR count). The van der Waals surface area contributed by atoms with Crippen molar-refractivity contribution in [2.24, 2.45) is 0 Å². The van der Waals surface area contributed by atoms with Crippen LogP contribution >= 0.6 is 39.1 Å². The highest BCUT2D eigenvalue weighted by Crippen LogP contribution is 2.35. The van der Waals surface area contributed by atoms with Crippen LogP contribution in [0, 0.1) is 0 Å². The van der Waals surface area contributed by atoms with Gasteiger partial charge in [0.2, 0.25) is 0 Å². The molecule has 2 aromatic carbocycles. The maximum absolute atomic E-state index is 6.51. The van der Waals surface area contributed by atoms with Gasteiger partial charge in [-0.1, -0.05) is 45.7 Å². The zero-order valence-corrected chi connectivity index (χ0v) is 14.3. The third-order valence-electron chi connectivity index (χ3n) is 2.78. The van der Waals surface area contributed by atoms with Crippen molar-refractivity contribution in [3.63, 3.8) is 0 Å². The first-order valence-electron chi connectivity index (χ1n) is 6.33. The summed E-state index contributed by atoms with van der Waals surface area (Å²) >= 11 is 16.1. The molecule has 0 heterocycles. The Morgan fingerprint density at radius 1 is 1.05 bits per heavy atom. The van der Waals surface area contributed by atoms with Crippen LogP contribution in [-0.2, 0) is 0 Å². The van der Waals surface area contributed by atoms with Gasteiger partial charge in [0, 0.05) is 9.50 Å². The van der Waals surface area contributed by atoms with Crippen LogP contribution in [0.5, 0.6) is 5.75 Å². The molecule has 0 aromatic heterocycles. The van der Waals surface area contributed by atoms with Gasteiger partial charge in [0.1, 0.15) is 5.75 Å². The summed E-state index contributed by atoms with van der Waals surface area (Å²) in [5.41, 5.74) is 1.89. The molecule has 1 unspecified atom stereocenters. The summed E-state index contributed by atoms with van der Waals surface area (Å²) in [5, 5.41) is 0.380. The van der Waals surface area contributed by atoms with Crippen LogP contribution in [0.3, 0.4) is 0 Å². The van der Waals surface area contributed by atoms with Crippen molar-refractivity contribution in [1.82, 2.24) is 0 Å². The summed E-state index contributed by atoms with van der Waals surface area (Å²) in [7, 11) is 0. The second-order valence-corrected chi connectivity index (χ2v) is 6.52. The summed E-state index contributed by atoms with van der Waals surface area (Å²) in [5.74, 6) is 0.842. The van der Waals surface area contributed by atoms with Crippen molar-refractivity contribution in [2.45, 2.75) is 25.3 Å². The molecule has 0 aliphatic rings. The van der Waals surface area contributed by atoms with Crippen molar-refractivity contribution in [1.29, 1.82) is 0 Å². The molecule has 106 valence electrons. The van der Waals surface area contributed by atoms with E-state index < -0.39 is 0 Å². The highest BCUT2D eigenvalue weighted by atomic mass is 79.9. The summed E-state index contributed by atoms with van der Waals surface area (Å²) in [4.78, 5) is 0. The van der Waals surface area contributed by atoms with Crippen LogP contribution in [0.4, 0.5) is 0 Å². The lowest BCUT2D eigenvalue weighted by Crippen LogP contribution is -2.05. The second-order valence-electron chi connectivity index (χ2n) is 4.76. The van der Waals surface area contributed by atoms with Crippen LogP contribution in [0.15, 0.2) is 46.9 Å². The summed E-state index contributed by atoms with van der Waals surface area (Å²) in [6, 6.07) is 13.5. The molecule has 0 bridgehead atoms. The van der Waals surface area contributed by atoms with Gasteiger partial charge in [-0.2, -0.15) is 0 Å². The lowest BCUT2D eigenvalue weighted by molar-refractivity contribution is 0.242. The number of hydrogen-bond donors (Lipinski definition) is 0. The number of ether oxygens (including phenoxy) is 1. The van der Waals surface area contributed by atoms with Crippen LogP contribution in [0.2, 0.25) is 5.02 Å². The van der Waals surface area contributed by atoms with Crippen LogP contribution in [0.1, 0.15) is 30.4 Å². The van der Waals surface area contributed by atoms with Gasteiger partial charge in [-0.3, -0.25) is 0 Å². The molecular weight excluding hydrogens is 359 g/mol. The van der Waals surface area contributed by atoms with E-state index in [-0.39, 0.29) is 11.5 Å². The Morgan fingerprint density at radius 3 is 2.25 bits per heavy atom. The molecule has 0 aliphatic heterocycles. The van der Waals surface area contributed by atoms with E-state index in [9.17, 15) is 0 Å². The fourth-order valence-electron chi connectivity index (χ4n) is 1.87. The predicted octanol–water partition coefficient (Wildman–Crippen LogP) is 6.22. The van der Waals surface area contributed by atoms with Gasteiger partial charge in [-0.15, -0.1) is 11.6 Å². The van der Waals surface area contributed by atoms with Crippen LogP contribution in [-0.4, -0.2) is 6.10 Å². The Kier molecular flexibility index (Phi) is 5.36. The van der Waals surface area contributed by atoms with Crippen molar-refractivity contribution in [2.75, 3.05) is 0 Å². The molecule has 20 heavy (non-hydrogen) atoms. The van der Waals surface area contributed by atoms with Gasteiger partial charge in [0.15, 0.2) is 0 Å². The Balaban J connectivity index is 2.22. The number of alkyl halides is 1. The van der Waals surface area contributed by atoms with E-state index in [1.165, 1.54) is 0 Å². The van der Waals surface area contributed by atoms with Gasteiger partial charge in [-0.25, -0.2) is 0 Å². The summed E-state index contributed by atoms with van der Waals surface area (Å²) in [6.07, 6.45) is 0.161. The zero-order chi connectivity index (χ0) is 14.7. The SMILES string of the molecule is CC(C)Oc1ccc(C(Cl)c2ccc(Br)cc2Cl)cc1. The predicted molar refractivity (Wildman–Crippen MR) is 89.1 cm³/mol. The van der Waals surface area contributed by atoms with Crippen molar-refractivity contribution in [3.8, 4) is 5.75 Å². The normalized spacial score (nSPS) is 12.5. The maximum atomic E-state index is 6.51. The third-order valence-corrected chi connectivity index (χ3v) is 4.09. The van der Waals surface area contributed by atoms with Crippen LogP contribution < -0.4 is 4.74 Å².